The van der Waals surface area contributed by atoms with E-state index in [9.17, 15) is 9.59 Å². The highest BCUT2D eigenvalue weighted by Gasteiger charge is 2.09. The van der Waals surface area contributed by atoms with Crippen LogP contribution in [-0.2, 0) is 11.3 Å². The van der Waals surface area contributed by atoms with Crippen molar-refractivity contribution in [2.45, 2.75) is 13.5 Å². The summed E-state index contributed by atoms with van der Waals surface area (Å²) in [6.07, 6.45) is 0. The van der Waals surface area contributed by atoms with Crippen molar-refractivity contribution in [3.63, 3.8) is 0 Å². The van der Waals surface area contributed by atoms with Crippen LogP contribution in [0.3, 0.4) is 0 Å². The molecule has 0 saturated heterocycles. The topological polar surface area (TPSA) is 76.9 Å². The van der Waals surface area contributed by atoms with Gasteiger partial charge in [0.15, 0.2) is 5.78 Å². The van der Waals surface area contributed by atoms with Gasteiger partial charge in [0.2, 0.25) is 5.91 Å². The lowest BCUT2D eigenvalue weighted by Crippen LogP contribution is -2.19. The van der Waals surface area contributed by atoms with Crippen LogP contribution in [-0.4, -0.2) is 26.7 Å². The number of benzene rings is 2. The zero-order valence-electron chi connectivity index (χ0n) is 12.0. The number of Topliss-reactive ketones (excluding diaryl/α,β-unsaturated/α-hetero) is 1. The summed E-state index contributed by atoms with van der Waals surface area (Å²) < 4.78 is 1.54. The molecule has 0 unspecified atom stereocenters. The molecule has 0 aliphatic rings. The van der Waals surface area contributed by atoms with Crippen LogP contribution in [0.4, 0.5) is 5.69 Å². The van der Waals surface area contributed by atoms with E-state index in [2.05, 4.69) is 15.6 Å². The first-order chi connectivity index (χ1) is 10.6. The van der Waals surface area contributed by atoms with Gasteiger partial charge in [-0.25, -0.2) is 4.68 Å². The van der Waals surface area contributed by atoms with Crippen LogP contribution < -0.4 is 5.32 Å². The Hall–Kier alpha value is -3.02. The van der Waals surface area contributed by atoms with Crippen LogP contribution in [0.15, 0.2) is 48.5 Å². The van der Waals surface area contributed by atoms with E-state index in [4.69, 9.17) is 0 Å². The number of rotatable bonds is 4. The molecule has 2 aromatic carbocycles. The maximum absolute atomic E-state index is 12.1. The number of amides is 1. The highest BCUT2D eigenvalue weighted by atomic mass is 16.2. The van der Waals surface area contributed by atoms with Gasteiger partial charge in [0.05, 0.1) is 5.52 Å². The van der Waals surface area contributed by atoms with Crippen molar-refractivity contribution >= 4 is 28.4 Å². The molecule has 3 aromatic rings. The number of para-hydroxylation sites is 1. The van der Waals surface area contributed by atoms with Gasteiger partial charge in [-0.3, -0.25) is 9.59 Å². The summed E-state index contributed by atoms with van der Waals surface area (Å²) in [4.78, 5) is 23.5. The summed E-state index contributed by atoms with van der Waals surface area (Å²) in [5.41, 5.74) is 2.69. The van der Waals surface area contributed by atoms with Crippen molar-refractivity contribution in [2.24, 2.45) is 0 Å². The molecule has 0 aliphatic carbocycles. The molecule has 1 aromatic heterocycles. The predicted octanol–water partition coefficient (Wildman–Crippen LogP) is 2.27. The zero-order chi connectivity index (χ0) is 15.5. The molecule has 6 heteroatoms. The third-order valence-electron chi connectivity index (χ3n) is 3.27. The third kappa shape index (κ3) is 2.85. The normalized spacial score (nSPS) is 10.6. The number of hydrogen-bond acceptors (Lipinski definition) is 4. The number of nitrogens with one attached hydrogen (secondary N) is 1. The van der Waals surface area contributed by atoms with E-state index in [1.165, 1.54) is 6.92 Å². The number of hydrogen-bond donors (Lipinski definition) is 1. The first kappa shape index (κ1) is 13.9. The summed E-state index contributed by atoms with van der Waals surface area (Å²) >= 11 is 0. The molecule has 0 atom stereocenters. The second-order valence-corrected chi connectivity index (χ2v) is 4.92. The van der Waals surface area contributed by atoms with E-state index in [-0.39, 0.29) is 18.2 Å². The van der Waals surface area contributed by atoms with Gasteiger partial charge < -0.3 is 5.32 Å². The molecule has 0 fully saturated rings. The lowest BCUT2D eigenvalue weighted by atomic mass is 10.1. The minimum atomic E-state index is -0.226. The number of anilines is 1. The van der Waals surface area contributed by atoms with Gasteiger partial charge in [0, 0.05) is 11.3 Å². The van der Waals surface area contributed by atoms with Gasteiger partial charge in [0.1, 0.15) is 12.1 Å². The third-order valence-corrected chi connectivity index (χ3v) is 3.27. The predicted molar refractivity (Wildman–Crippen MR) is 82.6 cm³/mol. The monoisotopic (exact) mass is 294 g/mol. The quantitative estimate of drug-likeness (QED) is 0.749. The van der Waals surface area contributed by atoms with Gasteiger partial charge in [-0.2, -0.15) is 0 Å². The summed E-state index contributed by atoms with van der Waals surface area (Å²) in [6.45, 7) is 1.55. The SMILES string of the molecule is CC(=O)c1cccc(NC(=O)Cn2nnc3ccccc32)c1. The van der Waals surface area contributed by atoms with Crippen LogP contribution in [0, 0.1) is 0 Å². The fourth-order valence-electron chi connectivity index (χ4n) is 2.19. The molecule has 0 bridgehead atoms. The molecule has 3 rings (SSSR count). The lowest BCUT2D eigenvalue weighted by molar-refractivity contribution is -0.116. The summed E-state index contributed by atoms with van der Waals surface area (Å²) in [5.74, 6) is -0.269. The van der Waals surface area contributed by atoms with Crippen LogP contribution in [0.5, 0.6) is 0 Å². The van der Waals surface area contributed by atoms with Crippen molar-refractivity contribution in [1.29, 1.82) is 0 Å². The van der Waals surface area contributed by atoms with E-state index in [0.29, 0.717) is 11.3 Å². The van der Waals surface area contributed by atoms with Crippen molar-refractivity contribution in [3.8, 4) is 0 Å². The average Bonchev–Trinajstić information content (AvgIpc) is 2.91. The van der Waals surface area contributed by atoms with E-state index in [1.54, 1.807) is 28.9 Å². The van der Waals surface area contributed by atoms with Gasteiger partial charge in [-0.1, -0.05) is 29.5 Å². The van der Waals surface area contributed by atoms with Crippen molar-refractivity contribution < 1.29 is 9.59 Å². The fraction of sp³-hybridized carbons (Fsp3) is 0.125. The highest BCUT2D eigenvalue weighted by molar-refractivity contribution is 5.97. The Kier molecular flexibility index (Phi) is 3.65. The molecule has 22 heavy (non-hydrogen) atoms. The highest BCUT2D eigenvalue weighted by Crippen LogP contribution is 2.12. The van der Waals surface area contributed by atoms with E-state index < -0.39 is 0 Å². The Morgan fingerprint density at radius 1 is 1.14 bits per heavy atom. The van der Waals surface area contributed by atoms with Gasteiger partial charge in [0.25, 0.3) is 0 Å². The number of fused-ring (bicyclic) bond motifs is 1. The van der Waals surface area contributed by atoms with Crippen molar-refractivity contribution in [3.05, 3.63) is 54.1 Å². The molecule has 0 aliphatic heterocycles. The molecule has 0 radical (unpaired) electrons. The molecular weight excluding hydrogens is 280 g/mol. The average molecular weight is 294 g/mol. The van der Waals surface area contributed by atoms with Crippen LogP contribution in [0.25, 0.3) is 11.0 Å². The standard InChI is InChI=1S/C16H14N4O2/c1-11(21)12-5-4-6-13(9-12)17-16(22)10-20-15-8-3-2-7-14(15)18-19-20/h2-9H,10H2,1H3,(H,17,22). The Morgan fingerprint density at radius 3 is 2.77 bits per heavy atom. The molecule has 1 amide bonds. The largest absolute Gasteiger partial charge is 0.324 e. The number of nitrogens with zero attached hydrogens (tertiary/aromatic N) is 3. The van der Waals surface area contributed by atoms with E-state index in [0.717, 1.165) is 11.0 Å². The molecule has 6 nitrogen and oxygen atoms in total. The zero-order valence-corrected chi connectivity index (χ0v) is 12.0. The molecule has 1 heterocycles. The molecule has 0 spiro atoms. The maximum Gasteiger partial charge on any atom is 0.246 e. The molecule has 110 valence electrons. The Morgan fingerprint density at radius 2 is 1.95 bits per heavy atom. The van der Waals surface area contributed by atoms with Crippen LogP contribution >= 0.6 is 0 Å². The minimum Gasteiger partial charge on any atom is -0.324 e. The number of carbonyl (C=O) groups is 2. The summed E-state index contributed by atoms with van der Waals surface area (Å²) in [7, 11) is 0. The number of aromatic nitrogens is 3. The van der Waals surface area contributed by atoms with Crippen molar-refractivity contribution in [2.75, 3.05) is 5.32 Å². The Balaban J connectivity index is 1.75. The smallest absolute Gasteiger partial charge is 0.246 e. The second kappa shape index (κ2) is 5.77. The van der Waals surface area contributed by atoms with Crippen molar-refractivity contribution in [1.82, 2.24) is 15.0 Å². The Bertz CT molecular complexity index is 854. The first-order valence-electron chi connectivity index (χ1n) is 6.82. The molecule has 1 N–H and O–H groups in total. The summed E-state index contributed by atoms with van der Waals surface area (Å²) in [6, 6.07) is 14.3. The summed E-state index contributed by atoms with van der Waals surface area (Å²) in [5, 5.41) is 10.7. The number of carbonyl (C=O) groups excluding carboxylic acids is 2. The van der Waals surface area contributed by atoms with Gasteiger partial charge in [-0.05, 0) is 31.2 Å². The maximum atomic E-state index is 12.1. The van der Waals surface area contributed by atoms with Gasteiger partial charge >= 0.3 is 0 Å². The second-order valence-electron chi connectivity index (χ2n) is 4.92. The molecule has 0 saturated carbocycles. The van der Waals surface area contributed by atoms with Crippen LogP contribution in [0.2, 0.25) is 0 Å². The van der Waals surface area contributed by atoms with Crippen LogP contribution in [0.1, 0.15) is 17.3 Å². The van der Waals surface area contributed by atoms with E-state index >= 15 is 0 Å². The minimum absolute atomic E-state index is 0.0432. The lowest BCUT2D eigenvalue weighted by Gasteiger charge is -2.06. The van der Waals surface area contributed by atoms with E-state index in [1.807, 2.05) is 24.3 Å². The van der Waals surface area contributed by atoms with Gasteiger partial charge in [-0.15, -0.1) is 5.10 Å². The number of ketones is 1. The fourth-order valence-corrected chi connectivity index (χ4v) is 2.19. The first-order valence-corrected chi connectivity index (χ1v) is 6.82. The molecular formula is C16H14N4O2. The Labute approximate surface area is 126 Å².